The third kappa shape index (κ3) is 3.54. The molecular weight excluding hydrogens is 408 g/mol. The quantitative estimate of drug-likeness (QED) is 0.465. The molecule has 0 spiro atoms. The number of fused-ring (bicyclic) bond motifs is 5. The van der Waals surface area contributed by atoms with E-state index in [-0.39, 0.29) is 23.2 Å². The Hall–Kier alpha value is -0.930. The number of hydrogen-bond donors (Lipinski definition) is 2. The highest BCUT2D eigenvalue weighted by atomic mass is 16.3. The topological polar surface area (TPSA) is 57.5 Å². The van der Waals surface area contributed by atoms with Crippen molar-refractivity contribution in [1.29, 1.82) is 0 Å². The van der Waals surface area contributed by atoms with Crippen molar-refractivity contribution in [3.05, 3.63) is 23.3 Å². The van der Waals surface area contributed by atoms with Crippen molar-refractivity contribution >= 4 is 5.78 Å². The summed E-state index contributed by atoms with van der Waals surface area (Å²) in [5.41, 5.74) is 2.82. The van der Waals surface area contributed by atoms with Crippen LogP contribution in [0, 0.1) is 45.3 Å². The summed E-state index contributed by atoms with van der Waals surface area (Å²) in [6.07, 6.45) is 12.8. The highest BCUT2D eigenvalue weighted by Gasteiger charge is 2.66. The van der Waals surface area contributed by atoms with Gasteiger partial charge in [-0.3, -0.25) is 4.79 Å². The van der Waals surface area contributed by atoms with Crippen molar-refractivity contribution in [2.24, 2.45) is 45.3 Å². The van der Waals surface area contributed by atoms with Crippen LogP contribution in [0.5, 0.6) is 0 Å². The smallest absolute Gasteiger partial charge is 0.167 e. The Morgan fingerprint density at radius 2 is 1.88 bits per heavy atom. The van der Waals surface area contributed by atoms with E-state index in [4.69, 9.17) is 0 Å². The maximum Gasteiger partial charge on any atom is 0.167 e. The van der Waals surface area contributed by atoms with E-state index in [1.165, 1.54) is 32.1 Å². The number of Topliss-reactive ketones (excluding diaryl/α,β-unsaturated/α-hetero) is 1. The third-order valence-electron chi connectivity index (χ3n) is 11.7. The largest absolute Gasteiger partial charge is 0.392 e. The Morgan fingerprint density at radius 3 is 2.55 bits per heavy atom. The Balaban J connectivity index is 1.62. The minimum Gasteiger partial charge on any atom is -0.392 e. The predicted octanol–water partition coefficient (Wildman–Crippen LogP) is 6.49. The monoisotopic (exact) mass is 456 g/mol. The zero-order valence-electron chi connectivity index (χ0n) is 22.2. The first-order chi connectivity index (χ1) is 15.3. The van der Waals surface area contributed by atoms with E-state index in [1.807, 2.05) is 6.92 Å². The van der Waals surface area contributed by atoms with Crippen LogP contribution in [-0.2, 0) is 4.79 Å². The van der Waals surface area contributed by atoms with Crippen molar-refractivity contribution in [2.75, 3.05) is 6.61 Å². The Labute approximate surface area is 202 Å². The maximum absolute atomic E-state index is 12.9. The molecule has 0 radical (unpaired) electrons. The lowest BCUT2D eigenvalue weighted by Crippen LogP contribution is -2.60. The minimum atomic E-state index is -0.812. The van der Waals surface area contributed by atoms with Gasteiger partial charge < -0.3 is 10.2 Å². The molecule has 3 fully saturated rings. The van der Waals surface area contributed by atoms with Crippen molar-refractivity contribution < 1.29 is 15.0 Å². The number of aliphatic hydroxyl groups is 2. The Morgan fingerprint density at radius 1 is 1.18 bits per heavy atom. The Kier molecular flexibility index (Phi) is 6.35. The molecule has 0 bridgehead atoms. The van der Waals surface area contributed by atoms with Gasteiger partial charge in [0.25, 0.3) is 0 Å². The fourth-order valence-corrected chi connectivity index (χ4v) is 9.47. The summed E-state index contributed by atoms with van der Waals surface area (Å²) in [5, 5.41) is 20.1. The highest BCUT2D eigenvalue weighted by molar-refractivity contribution is 5.89. The second-order valence-electron chi connectivity index (χ2n) is 13.5. The lowest BCUT2D eigenvalue weighted by Gasteiger charge is -2.63. The minimum absolute atomic E-state index is 0.00156. The van der Waals surface area contributed by atoms with Gasteiger partial charge in [0.15, 0.2) is 5.78 Å². The second kappa shape index (κ2) is 8.33. The third-order valence-corrected chi connectivity index (χ3v) is 11.7. The average Bonchev–Trinajstić information content (AvgIpc) is 3.03. The van der Waals surface area contributed by atoms with E-state index < -0.39 is 11.5 Å². The van der Waals surface area contributed by atoms with Crippen LogP contribution in [0.3, 0.4) is 0 Å². The average molecular weight is 457 g/mol. The zero-order chi connectivity index (χ0) is 24.4. The second-order valence-corrected chi connectivity index (χ2v) is 13.5. The van der Waals surface area contributed by atoms with Gasteiger partial charge in [0.05, 0.1) is 6.61 Å². The molecule has 4 rings (SSSR count). The number of carbonyl (C=O) groups is 1. The molecule has 3 nitrogen and oxygen atoms in total. The van der Waals surface area contributed by atoms with Gasteiger partial charge in [0.2, 0.25) is 0 Å². The van der Waals surface area contributed by atoms with E-state index in [0.29, 0.717) is 29.6 Å². The fourth-order valence-electron chi connectivity index (χ4n) is 9.47. The van der Waals surface area contributed by atoms with Gasteiger partial charge in [-0.15, -0.1) is 0 Å². The van der Waals surface area contributed by atoms with Crippen molar-refractivity contribution in [2.45, 2.75) is 106 Å². The first-order valence-electron chi connectivity index (χ1n) is 13.5. The fraction of sp³-hybridized carbons (Fsp3) is 0.833. The molecule has 1 unspecified atom stereocenters. The summed E-state index contributed by atoms with van der Waals surface area (Å²) in [7, 11) is 0. The SMILES string of the molecule is C/C(=C\CC[C@H](C)[C@@H]1CC[C@]2(C)C3=CC[C@H]4C(C)(C)C(=O)C(O)C[C@]4(C)[C@H]3CC[C@@]12C)CO. The van der Waals surface area contributed by atoms with Crippen molar-refractivity contribution in [1.82, 2.24) is 0 Å². The number of aliphatic hydroxyl groups excluding tert-OH is 2. The van der Waals surface area contributed by atoms with E-state index in [1.54, 1.807) is 5.57 Å². The molecule has 0 aromatic heterocycles. The number of carbonyl (C=O) groups excluding carboxylic acids is 1. The molecule has 0 aromatic rings. The molecule has 186 valence electrons. The van der Waals surface area contributed by atoms with E-state index in [9.17, 15) is 15.0 Å². The lowest BCUT2D eigenvalue weighted by atomic mass is 9.41. The van der Waals surface area contributed by atoms with Gasteiger partial charge in [-0.2, -0.15) is 0 Å². The van der Waals surface area contributed by atoms with Crippen LogP contribution in [-0.4, -0.2) is 28.7 Å². The highest BCUT2D eigenvalue weighted by Crippen LogP contribution is 2.73. The normalized spacial score (nSPS) is 45.7. The predicted molar refractivity (Wildman–Crippen MR) is 135 cm³/mol. The molecule has 0 aliphatic heterocycles. The molecule has 0 saturated heterocycles. The van der Waals surface area contributed by atoms with Crippen molar-refractivity contribution in [3.63, 3.8) is 0 Å². The molecule has 0 amide bonds. The van der Waals surface area contributed by atoms with Gasteiger partial charge in [-0.05, 0) is 98.2 Å². The van der Waals surface area contributed by atoms with E-state index >= 15 is 0 Å². The van der Waals surface area contributed by atoms with Crippen LogP contribution in [0.25, 0.3) is 0 Å². The summed E-state index contributed by atoms with van der Waals surface area (Å²) in [6.45, 7) is 16.3. The molecule has 3 saturated carbocycles. The molecule has 4 aliphatic rings. The summed E-state index contributed by atoms with van der Waals surface area (Å²) < 4.78 is 0. The van der Waals surface area contributed by atoms with Gasteiger partial charge >= 0.3 is 0 Å². The zero-order valence-corrected chi connectivity index (χ0v) is 22.2. The molecule has 0 aromatic carbocycles. The number of hydrogen-bond acceptors (Lipinski definition) is 3. The van der Waals surface area contributed by atoms with Gasteiger partial charge in [-0.1, -0.05) is 64.8 Å². The van der Waals surface area contributed by atoms with Crippen molar-refractivity contribution in [3.8, 4) is 0 Å². The summed E-state index contributed by atoms with van der Waals surface area (Å²) in [4.78, 5) is 12.9. The molecule has 2 N–H and O–H groups in total. The first kappa shape index (κ1) is 25.2. The Bertz CT molecular complexity index is 853. The molecule has 33 heavy (non-hydrogen) atoms. The number of ketones is 1. The molecule has 0 heterocycles. The maximum atomic E-state index is 12.9. The van der Waals surface area contributed by atoms with Crippen LogP contribution in [0.1, 0.15) is 99.8 Å². The van der Waals surface area contributed by atoms with Gasteiger partial charge in [-0.25, -0.2) is 0 Å². The number of rotatable bonds is 5. The van der Waals surface area contributed by atoms with Gasteiger partial charge in [0.1, 0.15) is 6.10 Å². The van der Waals surface area contributed by atoms with Crippen LogP contribution in [0.2, 0.25) is 0 Å². The van der Waals surface area contributed by atoms with E-state index in [2.05, 4.69) is 53.7 Å². The molecular formula is C30H48O3. The number of allylic oxidation sites excluding steroid dienone is 3. The van der Waals surface area contributed by atoms with Crippen LogP contribution in [0.4, 0.5) is 0 Å². The summed E-state index contributed by atoms with van der Waals surface area (Å²) >= 11 is 0. The summed E-state index contributed by atoms with van der Waals surface area (Å²) in [6, 6.07) is 0. The summed E-state index contributed by atoms with van der Waals surface area (Å²) in [5.74, 6) is 2.26. The first-order valence-corrected chi connectivity index (χ1v) is 13.5. The van der Waals surface area contributed by atoms with Gasteiger partial charge in [0, 0.05) is 5.41 Å². The molecule has 8 atom stereocenters. The molecule has 3 heteroatoms. The van der Waals surface area contributed by atoms with E-state index in [0.717, 1.165) is 24.3 Å². The standard InChI is InChI=1S/C30H48O3/c1-19(18-31)9-8-10-20(2)21-13-15-30(7)23-11-12-25-27(3,4)26(33)24(32)17-28(25,5)22(23)14-16-29(21,30)6/h9,11,20-22,24-25,31-32H,8,10,12-18H2,1-7H3/b19-9+/t20-,21-,22-,24?,25-,28+,29-,30+/m0/s1. The lowest BCUT2D eigenvalue weighted by molar-refractivity contribution is -0.162. The van der Waals surface area contributed by atoms with Crippen LogP contribution < -0.4 is 0 Å². The van der Waals surface area contributed by atoms with Crippen LogP contribution in [0.15, 0.2) is 23.3 Å². The molecule has 4 aliphatic carbocycles. The van der Waals surface area contributed by atoms with Crippen LogP contribution >= 0.6 is 0 Å².